The summed E-state index contributed by atoms with van der Waals surface area (Å²) in [5, 5.41) is 10.4. The number of amides is 1. The van der Waals surface area contributed by atoms with E-state index in [1.807, 2.05) is 43.3 Å². The van der Waals surface area contributed by atoms with Crippen LogP contribution in [0.1, 0.15) is 18.5 Å². The fraction of sp³-hybridized carbons (Fsp3) is 0.176. The van der Waals surface area contributed by atoms with Crippen LogP contribution >= 0.6 is 0 Å². The normalized spacial score (nSPS) is 11.9. The molecular weight excluding hydrogens is 306 g/mol. The van der Waals surface area contributed by atoms with E-state index in [2.05, 4.69) is 15.7 Å². The molecule has 2 aromatic carbocycles. The quantitative estimate of drug-likeness (QED) is 0.767. The summed E-state index contributed by atoms with van der Waals surface area (Å²) in [5.41, 5.74) is 1.14. The van der Waals surface area contributed by atoms with Crippen LogP contribution in [0.5, 0.6) is 0 Å². The number of hydrogen-bond acceptors (Lipinski definition) is 4. The standard InChI is InChI=1S/C17H17N5O2/c1-13(14-8-4-2-5-9-14)18-16(23)12-21-17(24)22(20-19-21)15-10-6-3-7-11-15/h2-11,13H,12H2,1H3,(H,18,23)/t13-/m1/s1. The SMILES string of the molecule is C[C@@H](NC(=O)Cn1nnn(-c2ccccc2)c1=O)c1ccccc1. The van der Waals surface area contributed by atoms with E-state index in [0.717, 1.165) is 14.9 Å². The number of carbonyl (C=O) groups excluding carboxylic acids is 1. The van der Waals surface area contributed by atoms with Gasteiger partial charge in [0.1, 0.15) is 6.54 Å². The maximum Gasteiger partial charge on any atom is 0.368 e. The summed E-state index contributed by atoms with van der Waals surface area (Å²) < 4.78 is 2.20. The Kier molecular flexibility index (Phi) is 4.51. The van der Waals surface area contributed by atoms with Gasteiger partial charge in [0, 0.05) is 0 Å². The molecular formula is C17H17N5O2. The van der Waals surface area contributed by atoms with E-state index in [-0.39, 0.29) is 18.5 Å². The summed E-state index contributed by atoms with van der Waals surface area (Å²) in [6.45, 7) is 1.71. The Balaban J connectivity index is 1.70. The van der Waals surface area contributed by atoms with Crippen LogP contribution in [0.4, 0.5) is 0 Å². The molecule has 0 saturated carbocycles. The lowest BCUT2D eigenvalue weighted by Gasteiger charge is -2.13. The highest BCUT2D eigenvalue weighted by atomic mass is 16.2. The third-order valence-corrected chi connectivity index (χ3v) is 3.61. The minimum absolute atomic E-state index is 0.154. The molecule has 3 aromatic rings. The highest BCUT2D eigenvalue weighted by Crippen LogP contribution is 2.10. The number of carbonyl (C=O) groups is 1. The van der Waals surface area contributed by atoms with Crippen molar-refractivity contribution in [1.82, 2.24) is 25.1 Å². The lowest BCUT2D eigenvalue weighted by Crippen LogP contribution is -2.34. The average Bonchev–Trinajstić information content (AvgIpc) is 2.97. The van der Waals surface area contributed by atoms with Gasteiger partial charge in [0.25, 0.3) is 0 Å². The van der Waals surface area contributed by atoms with Gasteiger partial charge in [0.2, 0.25) is 5.91 Å². The Morgan fingerprint density at radius 1 is 1.04 bits per heavy atom. The molecule has 0 aliphatic carbocycles. The first-order valence-corrected chi connectivity index (χ1v) is 7.57. The predicted octanol–water partition coefficient (Wildman–Crippen LogP) is 1.31. The van der Waals surface area contributed by atoms with Crippen molar-refractivity contribution < 1.29 is 4.79 Å². The van der Waals surface area contributed by atoms with Gasteiger partial charge in [-0.1, -0.05) is 48.5 Å². The van der Waals surface area contributed by atoms with Gasteiger partial charge < -0.3 is 5.32 Å². The Hall–Kier alpha value is -3.22. The molecule has 1 heterocycles. The minimum Gasteiger partial charge on any atom is -0.348 e. The van der Waals surface area contributed by atoms with Crippen molar-refractivity contribution in [3.63, 3.8) is 0 Å². The van der Waals surface area contributed by atoms with E-state index in [1.54, 1.807) is 24.3 Å². The predicted molar refractivity (Wildman–Crippen MR) is 88.6 cm³/mol. The van der Waals surface area contributed by atoms with Crippen LogP contribution in [-0.4, -0.2) is 25.7 Å². The summed E-state index contributed by atoms with van der Waals surface area (Å²) in [6, 6.07) is 18.4. The zero-order chi connectivity index (χ0) is 16.9. The molecule has 1 N–H and O–H groups in total. The van der Waals surface area contributed by atoms with Crippen molar-refractivity contribution in [2.24, 2.45) is 0 Å². The number of aromatic nitrogens is 4. The number of benzene rings is 2. The first kappa shape index (κ1) is 15.7. The van der Waals surface area contributed by atoms with Crippen LogP contribution in [0.3, 0.4) is 0 Å². The summed E-state index contributed by atoms with van der Waals surface area (Å²) >= 11 is 0. The Labute approximate surface area is 138 Å². The summed E-state index contributed by atoms with van der Waals surface area (Å²) in [4.78, 5) is 24.4. The molecule has 7 nitrogen and oxygen atoms in total. The third-order valence-electron chi connectivity index (χ3n) is 3.61. The van der Waals surface area contributed by atoms with Crippen molar-refractivity contribution >= 4 is 5.91 Å². The molecule has 1 amide bonds. The number of para-hydroxylation sites is 1. The molecule has 24 heavy (non-hydrogen) atoms. The minimum atomic E-state index is -0.455. The molecule has 7 heteroatoms. The van der Waals surface area contributed by atoms with Gasteiger partial charge in [-0.2, -0.15) is 9.36 Å². The molecule has 1 aromatic heterocycles. The number of tetrazole rings is 1. The van der Waals surface area contributed by atoms with E-state index < -0.39 is 5.69 Å². The molecule has 0 bridgehead atoms. The van der Waals surface area contributed by atoms with Crippen molar-refractivity contribution in [2.45, 2.75) is 19.5 Å². The van der Waals surface area contributed by atoms with Gasteiger partial charge in [0.05, 0.1) is 11.7 Å². The van der Waals surface area contributed by atoms with Crippen LogP contribution in [0, 0.1) is 0 Å². The second-order valence-electron chi connectivity index (χ2n) is 5.37. The first-order valence-electron chi connectivity index (χ1n) is 7.57. The molecule has 0 spiro atoms. The highest BCUT2D eigenvalue weighted by molar-refractivity contribution is 5.76. The Bertz CT molecular complexity index is 871. The van der Waals surface area contributed by atoms with Gasteiger partial charge in [-0.15, -0.1) is 0 Å². The molecule has 0 aliphatic heterocycles. The van der Waals surface area contributed by atoms with E-state index >= 15 is 0 Å². The fourth-order valence-corrected chi connectivity index (χ4v) is 2.35. The molecule has 122 valence electrons. The Morgan fingerprint density at radius 2 is 1.67 bits per heavy atom. The monoisotopic (exact) mass is 323 g/mol. The zero-order valence-electron chi connectivity index (χ0n) is 13.2. The lowest BCUT2D eigenvalue weighted by molar-refractivity contribution is -0.122. The van der Waals surface area contributed by atoms with Crippen molar-refractivity contribution in [3.8, 4) is 5.69 Å². The van der Waals surface area contributed by atoms with Crippen LogP contribution in [-0.2, 0) is 11.3 Å². The smallest absolute Gasteiger partial charge is 0.348 e. The van der Waals surface area contributed by atoms with E-state index in [4.69, 9.17) is 0 Å². The summed E-state index contributed by atoms with van der Waals surface area (Å²) in [7, 11) is 0. The van der Waals surface area contributed by atoms with Crippen molar-refractivity contribution in [3.05, 3.63) is 76.7 Å². The highest BCUT2D eigenvalue weighted by Gasteiger charge is 2.14. The molecule has 0 fully saturated rings. The topological polar surface area (TPSA) is 81.8 Å². The first-order chi connectivity index (χ1) is 11.6. The second kappa shape index (κ2) is 6.91. The molecule has 3 rings (SSSR count). The molecule has 0 unspecified atom stereocenters. The van der Waals surface area contributed by atoms with E-state index in [0.29, 0.717) is 5.69 Å². The van der Waals surface area contributed by atoms with E-state index in [9.17, 15) is 9.59 Å². The third kappa shape index (κ3) is 3.40. The fourth-order valence-electron chi connectivity index (χ4n) is 2.35. The largest absolute Gasteiger partial charge is 0.368 e. The second-order valence-corrected chi connectivity index (χ2v) is 5.37. The van der Waals surface area contributed by atoms with Gasteiger partial charge in [-0.25, -0.2) is 4.79 Å². The number of hydrogen-bond donors (Lipinski definition) is 1. The zero-order valence-corrected chi connectivity index (χ0v) is 13.2. The van der Waals surface area contributed by atoms with Gasteiger partial charge in [-0.05, 0) is 35.0 Å². The average molecular weight is 323 g/mol. The molecule has 0 aliphatic rings. The molecule has 0 radical (unpaired) electrons. The van der Waals surface area contributed by atoms with Crippen LogP contribution in [0.2, 0.25) is 0 Å². The van der Waals surface area contributed by atoms with Crippen molar-refractivity contribution in [1.29, 1.82) is 0 Å². The number of nitrogens with zero attached hydrogens (tertiary/aromatic N) is 4. The number of rotatable bonds is 5. The summed E-state index contributed by atoms with van der Waals surface area (Å²) in [6.07, 6.45) is 0. The van der Waals surface area contributed by atoms with Crippen molar-refractivity contribution in [2.75, 3.05) is 0 Å². The maximum absolute atomic E-state index is 12.3. The van der Waals surface area contributed by atoms with Gasteiger partial charge >= 0.3 is 5.69 Å². The summed E-state index contributed by atoms with van der Waals surface area (Å²) in [5.74, 6) is -0.298. The van der Waals surface area contributed by atoms with E-state index in [1.165, 1.54) is 0 Å². The number of nitrogens with one attached hydrogen (secondary N) is 1. The van der Waals surface area contributed by atoms with Gasteiger partial charge in [-0.3, -0.25) is 4.79 Å². The van der Waals surface area contributed by atoms with Gasteiger partial charge in [0.15, 0.2) is 0 Å². The molecule has 0 saturated heterocycles. The Morgan fingerprint density at radius 3 is 2.33 bits per heavy atom. The van der Waals surface area contributed by atoms with Crippen LogP contribution in [0.25, 0.3) is 5.69 Å². The van der Waals surface area contributed by atoms with Crippen LogP contribution in [0.15, 0.2) is 65.5 Å². The lowest BCUT2D eigenvalue weighted by atomic mass is 10.1. The maximum atomic E-state index is 12.3. The van der Waals surface area contributed by atoms with Crippen LogP contribution < -0.4 is 11.0 Å². The molecule has 1 atom stereocenters.